The van der Waals surface area contributed by atoms with Gasteiger partial charge in [-0.3, -0.25) is 0 Å². The van der Waals surface area contributed by atoms with Gasteiger partial charge in [0.2, 0.25) is 0 Å². The largest absolute Gasteiger partial charge is 0.398 e. The smallest absolute Gasteiger partial charge is 0.0397 e. The highest BCUT2D eigenvalue weighted by atomic mass is 14.6. The van der Waals surface area contributed by atoms with Crippen LogP contribution in [-0.2, 0) is 12.8 Å². The molecule has 0 fully saturated rings. The van der Waals surface area contributed by atoms with Gasteiger partial charge in [0.05, 0.1) is 0 Å². The molecule has 0 aliphatic rings. The van der Waals surface area contributed by atoms with E-state index < -0.39 is 0 Å². The van der Waals surface area contributed by atoms with Crippen LogP contribution in [0.3, 0.4) is 0 Å². The fraction of sp³-hybridized carbons (Fsp3) is 0.684. The first kappa shape index (κ1) is 17.9. The van der Waals surface area contributed by atoms with E-state index >= 15 is 0 Å². The number of anilines is 2. The third-order valence-corrected chi connectivity index (χ3v) is 4.45. The SMILES string of the molecule is CCCCCCc1cc(CCCCCC)c(N)c(C)c1N. The summed E-state index contributed by atoms with van der Waals surface area (Å²) >= 11 is 0. The first-order valence-corrected chi connectivity index (χ1v) is 8.78. The summed E-state index contributed by atoms with van der Waals surface area (Å²) in [6.07, 6.45) is 12.4. The molecule has 0 aromatic heterocycles. The summed E-state index contributed by atoms with van der Waals surface area (Å²) in [5.74, 6) is 0. The van der Waals surface area contributed by atoms with Gasteiger partial charge in [-0.05, 0) is 49.3 Å². The molecule has 0 unspecified atom stereocenters. The summed E-state index contributed by atoms with van der Waals surface area (Å²) in [6, 6.07) is 2.27. The Bertz CT molecular complexity index is 388. The van der Waals surface area contributed by atoms with E-state index in [1.54, 1.807) is 0 Å². The van der Waals surface area contributed by atoms with Gasteiger partial charge in [-0.15, -0.1) is 0 Å². The number of unbranched alkanes of at least 4 members (excludes halogenated alkanes) is 6. The van der Waals surface area contributed by atoms with Crippen molar-refractivity contribution in [1.29, 1.82) is 0 Å². The van der Waals surface area contributed by atoms with Gasteiger partial charge in [-0.25, -0.2) is 0 Å². The number of benzene rings is 1. The van der Waals surface area contributed by atoms with E-state index in [0.29, 0.717) is 0 Å². The van der Waals surface area contributed by atoms with Crippen LogP contribution < -0.4 is 11.5 Å². The minimum absolute atomic E-state index is 0.918. The number of rotatable bonds is 10. The standard InChI is InChI=1S/C19H34N2/c1-4-6-8-10-12-16-14-17(13-11-9-7-5-2)19(21)15(3)18(16)20/h14H,4-13,20-21H2,1-3H3. The van der Waals surface area contributed by atoms with Crippen LogP contribution in [0.5, 0.6) is 0 Å². The second kappa shape index (κ2) is 9.70. The van der Waals surface area contributed by atoms with Crippen LogP contribution in [0.1, 0.15) is 81.9 Å². The van der Waals surface area contributed by atoms with Gasteiger partial charge in [0.25, 0.3) is 0 Å². The molecule has 0 heterocycles. The molecular formula is C19H34N2. The monoisotopic (exact) mass is 290 g/mol. The molecule has 0 atom stereocenters. The molecule has 1 aromatic carbocycles. The minimum atomic E-state index is 0.918. The highest BCUT2D eigenvalue weighted by Gasteiger charge is 2.10. The summed E-state index contributed by atoms with van der Waals surface area (Å²) in [4.78, 5) is 0. The van der Waals surface area contributed by atoms with Crippen LogP contribution in [0.25, 0.3) is 0 Å². The summed E-state index contributed by atoms with van der Waals surface area (Å²) < 4.78 is 0. The molecule has 0 bridgehead atoms. The number of hydrogen-bond acceptors (Lipinski definition) is 2. The van der Waals surface area contributed by atoms with Crippen molar-refractivity contribution in [2.45, 2.75) is 85.0 Å². The Kier molecular flexibility index (Phi) is 8.26. The van der Waals surface area contributed by atoms with Crippen LogP contribution in [-0.4, -0.2) is 0 Å². The lowest BCUT2D eigenvalue weighted by Gasteiger charge is -2.16. The molecule has 0 aliphatic carbocycles. The Hall–Kier alpha value is -1.18. The maximum atomic E-state index is 6.26. The third-order valence-electron chi connectivity index (χ3n) is 4.45. The Morgan fingerprint density at radius 2 is 1.14 bits per heavy atom. The van der Waals surface area contributed by atoms with Gasteiger partial charge in [-0.2, -0.15) is 0 Å². The molecule has 0 aliphatic heterocycles. The van der Waals surface area contributed by atoms with Crippen LogP contribution >= 0.6 is 0 Å². The molecule has 2 heteroatoms. The second-order valence-corrected chi connectivity index (χ2v) is 6.27. The molecule has 0 spiro atoms. The van der Waals surface area contributed by atoms with Crippen molar-refractivity contribution in [3.05, 3.63) is 22.8 Å². The van der Waals surface area contributed by atoms with Gasteiger partial charge < -0.3 is 11.5 Å². The fourth-order valence-corrected chi connectivity index (χ4v) is 2.89. The quantitative estimate of drug-likeness (QED) is 0.447. The van der Waals surface area contributed by atoms with Crippen molar-refractivity contribution in [2.24, 2.45) is 0 Å². The molecule has 0 amide bonds. The predicted molar refractivity (Wildman–Crippen MR) is 95.7 cm³/mol. The summed E-state index contributed by atoms with van der Waals surface area (Å²) in [5.41, 5.74) is 18.1. The van der Waals surface area contributed by atoms with Crippen LogP contribution in [0, 0.1) is 6.92 Å². The maximum absolute atomic E-state index is 6.26. The molecule has 1 aromatic rings. The topological polar surface area (TPSA) is 52.0 Å². The molecule has 0 saturated carbocycles. The fourth-order valence-electron chi connectivity index (χ4n) is 2.89. The van der Waals surface area contributed by atoms with E-state index in [1.165, 1.54) is 62.5 Å². The number of nitrogens with two attached hydrogens (primary N) is 2. The van der Waals surface area contributed by atoms with Crippen LogP contribution in [0.2, 0.25) is 0 Å². The van der Waals surface area contributed by atoms with Crippen molar-refractivity contribution in [3.63, 3.8) is 0 Å². The molecule has 2 nitrogen and oxygen atoms in total. The molecule has 120 valence electrons. The molecule has 1 rings (SSSR count). The highest BCUT2D eigenvalue weighted by molar-refractivity contribution is 5.68. The van der Waals surface area contributed by atoms with Gasteiger partial charge in [-0.1, -0.05) is 58.4 Å². The molecule has 0 saturated heterocycles. The van der Waals surface area contributed by atoms with Gasteiger partial charge in [0.15, 0.2) is 0 Å². The molecular weight excluding hydrogens is 256 g/mol. The van der Waals surface area contributed by atoms with E-state index in [1.807, 2.05) is 0 Å². The van der Waals surface area contributed by atoms with Gasteiger partial charge >= 0.3 is 0 Å². The normalized spacial score (nSPS) is 11.0. The van der Waals surface area contributed by atoms with E-state index in [2.05, 4.69) is 26.8 Å². The van der Waals surface area contributed by atoms with Crippen molar-refractivity contribution >= 4 is 11.4 Å². The van der Waals surface area contributed by atoms with Gasteiger partial charge in [0, 0.05) is 11.4 Å². The Morgan fingerprint density at radius 1 is 0.714 bits per heavy atom. The third kappa shape index (κ3) is 5.61. The average Bonchev–Trinajstić information content (AvgIpc) is 2.49. The molecule has 21 heavy (non-hydrogen) atoms. The Morgan fingerprint density at radius 3 is 1.52 bits per heavy atom. The first-order chi connectivity index (χ1) is 10.1. The highest BCUT2D eigenvalue weighted by Crippen LogP contribution is 2.29. The lowest BCUT2D eigenvalue weighted by molar-refractivity contribution is 0.662. The van der Waals surface area contributed by atoms with Crippen molar-refractivity contribution in [2.75, 3.05) is 11.5 Å². The summed E-state index contributed by atoms with van der Waals surface area (Å²) in [7, 11) is 0. The average molecular weight is 290 g/mol. The maximum Gasteiger partial charge on any atom is 0.0397 e. The number of nitrogen functional groups attached to an aromatic ring is 2. The zero-order valence-corrected chi connectivity index (χ0v) is 14.3. The van der Waals surface area contributed by atoms with Gasteiger partial charge in [0.1, 0.15) is 0 Å². The van der Waals surface area contributed by atoms with Crippen molar-refractivity contribution in [1.82, 2.24) is 0 Å². The van der Waals surface area contributed by atoms with Crippen LogP contribution in [0.15, 0.2) is 6.07 Å². The molecule has 4 N–H and O–H groups in total. The first-order valence-electron chi connectivity index (χ1n) is 8.78. The van der Waals surface area contributed by atoms with Crippen LogP contribution in [0.4, 0.5) is 11.4 Å². The van der Waals surface area contributed by atoms with Crippen molar-refractivity contribution in [3.8, 4) is 0 Å². The predicted octanol–water partition coefficient (Wildman–Crippen LogP) is 5.41. The lowest BCUT2D eigenvalue weighted by Crippen LogP contribution is -2.06. The number of aryl methyl sites for hydroxylation is 2. The van der Waals surface area contributed by atoms with E-state index in [4.69, 9.17) is 11.5 Å². The zero-order valence-electron chi connectivity index (χ0n) is 14.3. The van der Waals surface area contributed by atoms with E-state index in [-0.39, 0.29) is 0 Å². The zero-order chi connectivity index (χ0) is 15.7. The summed E-state index contributed by atoms with van der Waals surface area (Å²) in [5, 5.41) is 0. The number of hydrogen-bond donors (Lipinski definition) is 2. The Labute approximate surface area is 131 Å². The Balaban J connectivity index is 2.71. The second-order valence-electron chi connectivity index (χ2n) is 6.27. The van der Waals surface area contributed by atoms with Crippen molar-refractivity contribution < 1.29 is 0 Å². The minimum Gasteiger partial charge on any atom is -0.398 e. The summed E-state index contributed by atoms with van der Waals surface area (Å²) in [6.45, 7) is 6.56. The lowest BCUT2D eigenvalue weighted by atomic mass is 9.94. The van der Waals surface area contributed by atoms with E-state index in [9.17, 15) is 0 Å². The molecule has 0 radical (unpaired) electrons. The van der Waals surface area contributed by atoms with E-state index in [0.717, 1.165) is 29.8 Å².